The van der Waals surface area contributed by atoms with E-state index in [0.29, 0.717) is 65.6 Å². The van der Waals surface area contributed by atoms with Crippen LogP contribution in [-0.2, 0) is 35.0 Å². The molecule has 8 N–H and O–H groups in total. The monoisotopic (exact) mass is 554 g/mol. The van der Waals surface area contributed by atoms with Crippen molar-refractivity contribution in [1.29, 1.82) is 0 Å². The molecule has 2 aromatic rings. The maximum absolute atomic E-state index is 11.2. The van der Waals surface area contributed by atoms with Gasteiger partial charge in [-0.2, -0.15) is 0 Å². The molecular weight excluding hydrogens is 508 g/mol. The highest BCUT2D eigenvalue weighted by molar-refractivity contribution is 5.84. The van der Waals surface area contributed by atoms with Gasteiger partial charge in [0.2, 0.25) is 5.91 Å². The molecule has 12 nitrogen and oxygen atoms in total. The van der Waals surface area contributed by atoms with Crippen LogP contribution >= 0.6 is 0 Å². The largest absolute Gasteiger partial charge is 0.481 e. The number of carbonyl (C=O) groups is 3. The van der Waals surface area contributed by atoms with Gasteiger partial charge in [0, 0.05) is 49.7 Å². The number of ether oxygens (including phenoxy) is 3. The second-order valence-corrected chi connectivity index (χ2v) is 8.08. The molecule has 0 aliphatic heterocycles. The molecule has 1 amide bonds. The van der Waals surface area contributed by atoms with Crippen molar-refractivity contribution in [3.05, 3.63) is 36.0 Å². The fraction of sp³-hybridized carbons (Fsp3) is 0.593. The number of nitrogens with one attached hydrogen (secondary N) is 2. The van der Waals surface area contributed by atoms with E-state index in [0.717, 1.165) is 22.9 Å². The van der Waals surface area contributed by atoms with Gasteiger partial charge < -0.3 is 46.2 Å². The molecule has 0 spiro atoms. The quantitative estimate of drug-likeness (QED) is 0.139. The zero-order chi connectivity index (χ0) is 29.3. The van der Waals surface area contributed by atoms with Crippen LogP contribution < -0.4 is 16.8 Å². The molecule has 0 radical (unpaired) electrons. The van der Waals surface area contributed by atoms with Gasteiger partial charge in [-0.1, -0.05) is 32.0 Å². The summed E-state index contributed by atoms with van der Waals surface area (Å²) in [5.74, 6) is -2.19. The van der Waals surface area contributed by atoms with Crippen molar-refractivity contribution in [3.63, 3.8) is 0 Å². The van der Waals surface area contributed by atoms with Crippen molar-refractivity contribution >= 4 is 28.7 Å². The number of carbonyl (C=O) groups excluding carboxylic acids is 1. The lowest BCUT2D eigenvalue weighted by molar-refractivity contribution is -0.139. The Kier molecular flexibility index (Phi) is 22.2. The summed E-state index contributed by atoms with van der Waals surface area (Å²) in [6.45, 7) is 8.39. The number of aromatic nitrogens is 1. The predicted octanol–water partition coefficient (Wildman–Crippen LogP) is 1.90. The Morgan fingerprint density at radius 1 is 0.923 bits per heavy atom. The average molecular weight is 555 g/mol. The van der Waals surface area contributed by atoms with E-state index in [1.807, 2.05) is 44.3 Å². The van der Waals surface area contributed by atoms with E-state index in [2.05, 4.69) is 10.3 Å². The number of carboxylic acid groups (broad SMARTS) is 2. The number of fused-ring (bicyclic) bond motifs is 1. The third kappa shape index (κ3) is 18.8. The van der Waals surface area contributed by atoms with Crippen LogP contribution in [-0.4, -0.2) is 91.8 Å². The van der Waals surface area contributed by atoms with Crippen LogP contribution in [0.2, 0.25) is 0 Å². The highest BCUT2D eigenvalue weighted by Gasteiger charge is 2.14. The Morgan fingerprint density at radius 2 is 1.51 bits per heavy atom. The maximum atomic E-state index is 11.2. The molecule has 222 valence electrons. The molecule has 1 aromatic heterocycles. The molecule has 0 fully saturated rings. The van der Waals surface area contributed by atoms with Crippen molar-refractivity contribution < 1.29 is 38.8 Å². The van der Waals surface area contributed by atoms with Crippen molar-refractivity contribution in [2.45, 2.75) is 52.0 Å². The lowest BCUT2D eigenvalue weighted by Crippen LogP contribution is -2.32. The predicted molar refractivity (Wildman–Crippen MR) is 150 cm³/mol. The van der Waals surface area contributed by atoms with Crippen LogP contribution in [0.25, 0.3) is 10.9 Å². The summed E-state index contributed by atoms with van der Waals surface area (Å²) in [6, 6.07) is 6.91. The fourth-order valence-electron chi connectivity index (χ4n) is 3.06. The molecule has 1 aromatic carbocycles. The van der Waals surface area contributed by atoms with E-state index >= 15 is 0 Å². The van der Waals surface area contributed by atoms with Crippen molar-refractivity contribution in [2.75, 3.05) is 52.7 Å². The number of nitrogens with two attached hydrogens (primary N) is 2. The lowest BCUT2D eigenvalue weighted by atomic mass is 10.1. The SMILES string of the molecule is CC.NC(Cc1c[nH]c2ccccc12)C(=O)O.NCCCOCCOCCOCCCNC(=O)CCC(=O)O. The van der Waals surface area contributed by atoms with Crippen LogP contribution in [0, 0.1) is 0 Å². The maximum Gasteiger partial charge on any atom is 0.320 e. The molecule has 2 rings (SSSR count). The van der Waals surface area contributed by atoms with E-state index in [1.54, 1.807) is 0 Å². The van der Waals surface area contributed by atoms with Crippen LogP contribution in [0.3, 0.4) is 0 Å². The summed E-state index contributed by atoms with van der Waals surface area (Å²) < 4.78 is 15.9. The number of benzene rings is 1. The summed E-state index contributed by atoms with van der Waals surface area (Å²) in [6.07, 6.45) is 3.57. The minimum Gasteiger partial charge on any atom is -0.481 e. The van der Waals surface area contributed by atoms with Gasteiger partial charge in [-0.05, 0) is 31.0 Å². The minimum atomic E-state index is -0.972. The molecule has 1 atom stereocenters. The molecule has 0 saturated carbocycles. The van der Waals surface area contributed by atoms with Gasteiger partial charge in [-0.15, -0.1) is 0 Å². The van der Waals surface area contributed by atoms with E-state index in [9.17, 15) is 14.4 Å². The smallest absolute Gasteiger partial charge is 0.320 e. The minimum absolute atomic E-state index is 0.0113. The summed E-state index contributed by atoms with van der Waals surface area (Å²) in [7, 11) is 0. The number of aliphatic carboxylic acids is 2. The fourth-order valence-corrected chi connectivity index (χ4v) is 3.06. The topological polar surface area (TPSA) is 199 Å². The van der Waals surface area contributed by atoms with Crippen LogP contribution in [0.4, 0.5) is 0 Å². The summed E-state index contributed by atoms with van der Waals surface area (Å²) in [5, 5.41) is 20.8. The van der Waals surface area contributed by atoms with Gasteiger partial charge in [0.1, 0.15) is 6.04 Å². The molecule has 0 saturated heterocycles. The number of para-hydroxylation sites is 1. The van der Waals surface area contributed by atoms with Crippen LogP contribution in [0.15, 0.2) is 30.5 Å². The van der Waals surface area contributed by atoms with Gasteiger partial charge in [0.25, 0.3) is 0 Å². The Morgan fingerprint density at radius 3 is 2.10 bits per heavy atom. The second-order valence-electron chi connectivity index (χ2n) is 8.08. The molecule has 0 aliphatic rings. The lowest BCUT2D eigenvalue weighted by Gasteiger charge is -2.07. The number of aromatic amines is 1. The van der Waals surface area contributed by atoms with Gasteiger partial charge in [-0.3, -0.25) is 14.4 Å². The molecule has 0 bridgehead atoms. The Balaban J connectivity index is 0.000000733. The van der Waals surface area contributed by atoms with E-state index < -0.39 is 18.0 Å². The summed E-state index contributed by atoms with van der Waals surface area (Å²) in [4.78, 5) is 35.2. The standard InChI is InChI=1S/C14H28N2O6.C11H12N2O2.C2H6/c15-5-1-7-20-9-11-22-12-10-21-8-2-6-16-13(17)3-4-14(18)19;12-9(11(14)15)5-7-6-13-10-4-2-1-3-8(7)10;1-2/h1-12,15H2,(H,16,17)(H,18,19);1-4,6,9,13H,5,12H2,(H,14,15);1-2H3. The number of H-pyrrole nitrogens is 1. The first-order chi connectivity index (χ1) is 18.8. The second kappa shape index (κ2) is 24.0. The van der Waals surface area contributed by atoms with Crippen LogP contribution in [0.1, 0.15) is 45.1 Å². The van der Waals surface area contributed by atoms with E-state index in [-0.39, 0.29) is 18.7 Å². The third-order valence-corrected chi connectivity index (χ3v) is 5.02. The van der Waals surface area contributed by atoms with Crippen molar-refractivity contribution in [3.8, 4) is 0 Å². The molecule has 0 aliphatic carbocycles. The number of carboxylic acids is 2. The zero-order valence-electron chi connectivity index (χ0n) is 23.2. The van der Waals surface area contributed by atoms with Crippen molar-refractivity contribution in [1.82, 2.24) is 10.3 Å². The molecule has 1 unspecified atom stereocenters. The van der Waals surface area contributed by atoms with Crippen LogP contribution in [0.5, 0.6) is 0 Å². The first-order valence-corrected chi connectivity index (χ1v) is 13.3. The normalized spacial score (nSPS) is 11.1. The Bertz CT molecular complexity index is 922. The third-order valence-electron chi connectivity index (χ3n) is 5.02. The highest BCUT2D eigenvalue weighted by atomic mass is 16.5. The number of rotatable bonds is 19. The van der Waals surface area contributed by atoms with E-state index in [4.69, 9.17) is 35.9 Å². The molecule has 12 heteroatoms. The first kappa shape index (κ1) is 36.0. The van der Waals surface area contributed by atoms with E-state index in [1.165, 1.54) is 0 Å². The average Bonchev–Trinajstić information content (AvgIpc) is 3.34. The van der Waals surface area contributed by atoms with Gasteiger partial charge in [0.05, 0.1) is 32.8 Å². The summed E-state index contributed by atoms with van der Waals surface area (Å²) >= 11 is 0. The first-order valence-electron chi connectivity index (χ1n) is 13.3. The number of hydrogen-bond donors (Lipinski definition) is 6. The highest BCUT2D eigenvalue weighted by Crippen LogP contribution is 2.18. The Hall–Kier alpha value is -3.03. The van der Waals surface area contributed by atoms with Gasteiger partial charge >= 0.3 is 11.9 Å². The van der Waals surface area contributed by atoms with Gasteiger partial charge in [-0.25, -0.2) is 0 Å². The summed E-state index contributed by atoms with van der Waals surface area (Å²) in [5.41, 5.74) is 12.8. The Labute approximate surface area is 230 Å². The molecular formula is C27H46N4O8. The molecule has 1 heterocycles. The van der Waals surface area contributed by atoms with Gasteiger partial charge in [0.15, 0.2) is 0 Å². The zero-order valence-corrected chi connectivity index (χ0v) is 23.2. The number of amides is 1. The number of hydrogen-bond acceptors (Lipinski definition) is 8. The molecule has 39 heavy (non-hydrogen) atoms. The van der Waals surface area contributed by atoms with Crippen molar-refractivity contribution in [2.24, 2.45) is 11.5 Å².